The Labute approximate surface area is 125 Å². The van der Waals surface area contributed by atoms with Gasteiger partial charge in [-0.3, -0.25) is 14.9 Å². The first-order valence-electron chi connectivity index (χ1n) is 5.45. The number of benzene rings is 1. The average Bonchev–Trinajstić information content (AvgIpc) is 2.41. The van der Waals surface area contributed by atoms with Gasteiger partial charge >= 0.3 is 5.69 Å². The van der Waals surface area contributed by atoms with Crippen LogP contribution in [0.15, 0.2) is 35.1 Å². The summed E-state index contributed by atoms with van der Waals surface area (Å²) in [5.74, 6) is -3.14. The molecule has 0 aliphatic heterocycles. The zero-order valence-electron chi connectivity index (χ0n) is 10.1. The van der Waals surface area contributed by atoms with E-state index in [2.05, 4.69) is 26.2 Å². The van der Waals surface area contributed by atoms with Gasteiger partial charge in [0.1, 0.15) is 10.4 Å². The highest BCUT2D eigenvalue weighted by Crippen LogP contribution is 2.25. The maximum absolute atomic E-state index is 13.6. The molecule has 1 heterocycles. The van der Waals surface area contributed by atoms with E-state index in [1.54, 1.807) is 0 Å². The molecule has 0 fully saturated rings. The summed E-state index contributed by atoms with van der Waals surface area (Å²) >= 11 is 3.07. The Morgan fingerprint density at radius 3 is 2.62 bits per heavy atom. The fourth-order valence-corrected chi connectivity index (χ4v) is 1.88. The third kappa shape index (κ3) is 3.37. The molecular formula is C12H6BrF2N3O3. The van der Waals surface area contributed by atoms with E-state index in [1.165, 1.54) is 18.3 Å². The van der Waals surface area contributed by atoms with Crippen LogP contribution in [0.2, 0.25) is 0 Å². The van der Waals surface area contributed by atoms with Gasteiger partial charge in [-0.1, -0.05) is 0 Å². The Kier molecular flexibility index (Phi) is 4.22. The van der Waals surface area contributed by atoms with Gasteiger partial charge < -0.3 is 5.32 Å². The molecule has 0 aliphatic carbocycles. The van der Waals surface area contributed by atoms with Crippen molar-refractivity contribution in [3.8, 4) is 0 Å². The average molecular weight is 358 g/mol. The molecule has 9 heteroatoms. The standard InChI is InChI=1S/C12H6BrF2N3O3/c13-11-3-6(1-2-16-11)12(19)17-9-5-10(18(20)21)8(15)4-7(9)14/h1-5H,(H,17,19). The van der Waals surface area contributed by atoms with Crippen LogP contribution >= 0.6 is 15.9 Å². The Hall–Kier alpha value is -2.42. The third-order valence-corrected chi connectivity index (χ3v) is 2.90. The number of hydrogen-bond acceptors (Lipinski definition) is 4. The number of halogens is 3. The predicted molar refractivity (Wildman–Crippen MR) is 72.9 cm³/mol. The van der Waals surface area contributed by atoms with Crippen molar-refractivity contribution in [2.45, 2.75) is 0 Å². The van der Waals surface area contributed by atoms with E-state index in [0.717, 1.165) is 0 Å². The monoisotopic (exact) mass is 357 g/mol. The number of rotatable bonds is 3. The van der Waals surface area contributed by atoms with Crippen molar-refractivity contribution in [1.82, 2.24) is 4.98 Å². The van der Waals surface area contributed by atoms with E-state index >= 15 is 0 Å². The van der Waals surface area contributed by atoms with Gasteiger partial charge in [0.05, 0.1) is 10.6 Å². The summed E-state index contributed by atoms with van der Waals surface area (Å²) in [7, 11) is 0. The smallest absolute Gasteiger partial charge is 0.307 e. The fourth-order valence-electron chi connectivity index (χ4n) is 1.51. The Balaban J connectivity index is 2.33. The number of nitrogens with zero attached hydrogens (tertiary/aromatic N) is 2. The molecule has 0 spiro atoms. The minimum Gasteiger partial charge on any atom is -0.319 e. The molecule has 6 nitrogen and oxygen atoms in total. The zero-order chi connectivity index (χ0) is 15.6. The zero-order valence-corrected chi connectivity index (χ0v) is 11.7. The highest BCUT2D eigenvalue weighted by Gasteiger charge is 2.20. The topological polar surface area (TPSA) is 85.1 Å². The van der Waals surface area contributed by atoms with Gasteiger partial charge in [0.15, 0.2) is 0 Å². The quantitative estimate of drug-likeness (QED) is 0.518. The van der Waals surface area contributed by atoms with Crippen LogP contribution in [0.1, 0.15) is 10.4 Å². The van der Waals surface area contributed by atoms with Crippen LogP contribution in [0.4, 0.5) is 20.2 Å². The molecular weight excluding hydrogens is 352 g/mol. The molecule has 2 rings (SSSR count). The first-order valence-corrected chi connectivity index (χ1v) is 6.24. The first kappa shape index (κ1) is 15.0. The molecule has 0 unspecified atom stereocenters. The molecule has 21 heavy (non-hydrogen) atoms. The third-order valence-electron chi connectivity index (χ3n) is 2.47. The number of nitrogens with one attached hydrogen (secondary N) is 1. The lowest BCUT2D eigenvalue weighted by atomic mass is 10.2. The second-order valence-corrected chi connectivity index (χ2v) is 4.67. The molecule has 0 bridgehead atoms. The van der Waals surface area contributed by atoms with Crippen molar-refractivity contribution in [1.29, 1.82) is 0 Å². The van der Waals surface area contributed by atoms with Crippen LogP contribution in [0, 0.1) is 21.7 Å². The summed E-state index contributed by atoms with van der Waals surface area (Å²) in [6.07, 6.45) is 1.35. The van der Waals surface area contributed by atoms with Gasteiger partial charge in [-0.15, -0.1) is 0 Å². The normalized spacial score (nSPS) is 10.2. The van der Waals surface area contributed by atoms with Crippen molar-refractivity contribution < 1.29 is 18.5 Å². The van der Waals surface area contributed by atoms with Crippen molar-refractivity contribution in [3.63, 3.8) is 0 Å². The predicted octanol–water partition coefficient (Wildman–Crippen LogP) is 3.28. The first-order chi connectivity index (χ1) is 9.88. The number of nitro groups is 1. The van der Waals surface area contributed by atoms with Crippen LogP contribution in [0.3, 0.4) is 0 Å². The number of nitro benzene ring substituents is 1. The number of aromatic nitrogens is 1. The Morgan fingerprint density at radius 1 is 1.29 bits per heavy atom. The van der Waals surface area contributed by atoms with Crippen LogP contribution in [-0.4, -0.2) is 15.8 Å². The lowest BCUT2D eigenvalue weighted by Gasteiger charge is -2.07. The van der Waals surface area contributed by atoms with E-state index < -0.39 is 33.8 Å². The second kappa shape index (κ2) is 5.92. The minimum absolute atomic E-state index is 0.156. The Bertz CT molecular complexity index is 740. The van der Waals surface area contributed by atoms with Gasteiger partial charge in [0.2, 0.25) is 5.82 Å². The largest absolute Gasteiger partial charge is 0.319 e. The lowest BCUT2D eigenvalue weighted by Crippen LogP contribution is -2.13. The summed E-state index contributed by atoms with van der Waals surface area (Å²) in [5.41, 5.74) is -1.26. The molecule has 0 atom stereocenters. The molecule has 1 amide bonds. The summed E-state index contributed by atoms with van der Waals surface area (Å²) in [6, 6.07) is 3.72. The van der Waals surface area contributed by atoms with Crippen molar-refractivity contribution in [3.05, 3.63) is 62.4 Å². The highest BCUT2D eigenvalue weighted by atomic mass is 79.9. The number of carbonyl (C=O) groups is 1. The lowest BCUT2D eigenvalue weighted by molar-refractivity contribution is -0.387. The molecule has 108 valence electrons. The summed E-state index contributed by atoms with van der Waals surface area (Å²) < 4.78 is 27.1. The molecule has 1 N–H and O–H groups in total. The molecule has 1 aromatic heterocycles. The van der Waals surface area contributed by atoms with Gasteiger partial charge in [0.25, 0.3) is 5.91 Å². The maximum atomic E-state index is 13.6. The number of hydrogen-bond donors (Lipinski definition) is 1. The Morgan fingerprint density at radius 2 is 2.00 bits per heavy atom. The van der Waals surface area contributed by atoms with Gasteiger partial charge in [-0.25, -0.2) is 9.37 Å². The highest BCUT2D eigenvalue weighted by molar-refractivity contribution is 9.10. The summed E-state index contributed by atoms with van der Waals surface area (Å²) in [4.78, 5) is 25.3. The fraction of sp³-hybridized carbons (Fsp3) is 0. The van der Waals surface area contributed by atoms with Crippen LogP contribution in [-0.2, 0) is 0 Å². The van der Waals surface area contributed by atoms with Gasteiger partial charge in [0, 0.05) is 23.9 Å². The van der Waals surface area contributed by atoms with E-state index in [1.807, 2.05) is 0 Å². The molecule has 0 aliphatic rings. The molecule has 0 saturated heterocycles. The SMILES string of the molecule is O=C(Nc1cc([N+](=O)[O-])c(F)cc1F)c1ccnc(Br)c1. The van der Waals surface area contributed by atoms with Crippen LogP contribution in [0.5, 0.6) is 0 Å². The maximum Gasteiger partial charge on any atom is 0.307 e. The molecule has 0 radical (unpaired) electrons. The number of anilines is 1. The van der Waals surface area contributed by atoms with E-state index in [0.29, 0.717) is 16.7 Å². The van der Waals surface area contributed by atoms with Crippen LogP contribution in [0.25, 0.3) is 0 Å². The molecule has 1 aromatic carbocycles. The van der Waals surface area contributed by atoms with E-state index in [4.69, 9.17) is 0 Å². The van der Waals surface area contributed by atoms with E-state index in [9.17, 15) is 23.7 Å². The minimum atomic E-state index is -1.32. The summed E-state index contributed by atoms with van der Waals surface area (Å²) in [6.45, 7) is 0. The molecule has 2 aromatic rings. The second-order valence-electron chi connectivity index (χ2n) is 3.86. The number of pyridine rings is 1. The number of carbonyl (C=O) groups excluding carboxylic acids is 1. The van der Waals surface area contributed by atoms with Gasteiger partial charge in [-0.05, 0) is 28.1 Å². The summed E-state index contributed by atoms with van der Waals surface area (Å²) in [5, 5.41) is 12.7. The number of amides is 1. The van der Waals surface area contributed by atoms with Gasteiger partial charge in [-0.2, -0.15) is 4.39 Å². The van der Waals surface area contributed by atoms with Crippen molar-refractivity contribution in [2.24, 2.45) is 0 Å². The van der Waals surface area contributed by atoms with Crippen molar-refractivity contribution in [2.75, 3.05) is 5.32 Å². The van der Waals surface area contributed by atoms with Crippen LogP contribution < -0.4 is 5.32 Å². The van der Waals surface area contributed by atoms with E-state index in [-0.39, 0.29) is 5.56 Å². The van der Waals surface area contributed by atoms with Crippen molar-refractivity contribution >= 4 is 33.2 Å². The molecule has 0 saturated carbocycles.